The van der Waals surface area contributed by atoms with Crippen molar-refractivity contribution in [2.45, 2.75) is 0 Å². The van der Waals surface area contributed by atoms with E-state index in [1.807, 2.05) is 24.3 Å². The maximum atomic E-state index is 6.69. The normalized spacial score (nSPS) is 11.8. The molecule has 0 unspecified atom stereocenters. The smallest absolute Gasteiger partial charge is 0.180 e. The summed E-state index contributed by atoms with van der Waals surface area (Å²) in [5.74, 6) is 0.681. The lowest BCUT2D eigenvalue weighted by Crippen LogP contribution is -1.94. The van der Waals surface area contributed by atoms with Crippen molar-refractivity contribution in [1.82, 2.24) is 14.5 Å². The van der Waals surface area contributed by atoms with Crippen LogP contribution in [-0.4, -0.2) is 14.5 Å². The number of hydrogen-bond acceptors (Lipinski definition) is 3. The molecule has 42 heavy (non-hydrogen) atoms. The minimum atomic E-state index is 0.681. The fraction of sp³-hybridized carbons (Fsp3) is 0. The van der Waals surface area contributed by atoms with Gasteiger partial charge in [0.1, 0.15) is 16.8 Å². The molecule has 0 fully saturated rings. The molecule has 196 valence electrons. The largest absolute Gasteiger partial charge is 0.451 e. The van der Waals surface area contributed by atoms with Crippen LogP contribution in [0.1, 0.15) is 0 Å². The van der Waals surface area contributed by atoms with Crippen LogP contribution in [0.2, 0.25) is 0 Å². The van der Waals surface area contributed by atoms with Gasteiger partial charge in [0.25, 0.3) is 0 Å². The van der Waals surface area contributed by atoms with E-state index in [9.17, 15) is 0 Å². The summed E-state index contributed by atoms with van der Waals surface area (Å²) in [6.45, 7) is 0. The van der Waals surface area contributed by atoms with Crippen LogP contribution in [0.25, 0.3) is 83.0 Å². The van der Waals surface area contributed by atoms with Crippen LogP contribution in [0, 0.1) is 0 Å². The average molecular weight is 538 g/mol. The number of hydrogen-bond donors (Lipinski definition) is 0. The molecule has 3 heterocycles. The summed E-state index contributed by atoms with van der Waals surface area (Å²) in [7, 11) is 0. The van der Waals surface area contributed by atoms with E-state index < -0.39 is 0 Å². The SMILES string of the molecule is c1ccc(-c2nc(-c3ccc4c(c3)c3ccccc3n4-c3ccccc3)c3oc4c5ccccc5ccc4c3n2)cc1. The van der Waals surface area contributed by atoms with E-state index in [2.05, 4.69) is 120 Å². The number of rotatable bonds is 3. The van der Waals surface area contributed by atoms with Crippen LogP contribution in [0.5, 0.6) is 0 Å². The van der Waals surface area contributed by atoms with Crippen molar-refractivity contribution in [3.63, 3.8) is 0 Å². The molecule has 0 saturated carbocycles. The van der Waals surface area contributed by atoms with Crippen molar-refractivity contribution < 1.29 is 4.42 Å². The maximum absolute atomic E-state index is 6.69. The van der Waals surface area contributed by atoms with Gasteiger partial charge < -0.3 is 8.98 Å². The van der Waals surface area contributed by atoms with Gasteiger partial charge in [-0.15, -0.1) is 0 Å². The Bertz CT molecular complexity index is 2460. The fourth-order valence-electron chi connectivity index (χ4n) is 6.26. The first-order valence-electron chi connectivity index (χ1n) is 14.1. The van der Waals surface area contributed by atoms with E-state index in [0.717, 1.165) is 55.3 Å². The summed E-state index contributed by atoms with van der Waals surface area (Å²) in [6.07, 6.45) is 0. The van der Waals surface area contributed by atoms with Crippen molar-refractivity contribution >= 4 is 54.6 Å². The lowest BCUT2D eigenvalue weighted by atomic mass is 10.0. The van der Waals surface area contributed by atoms with Gasteiger partial charge in [-0.1, -0.05) is 103 Å². The summed E-state index contributed by atoms with van der Waals surface area (Å²) in [5, 5.41) is 5.56. The molecule has 3 aromatic heterocycles. The summed E-state index contributed by atoms with van der Waals surface area (Å²) in [5.41, 5.74) is 8.57. The predicted octanol–water partition coefficient (Wildman–Crippen LogP) is 9.96. The van der Waals surface area contributed by atoms with Crippen molar-refractivity contribution in [2.24, 2.45) is 0 Å². The van der Waals surface area contributed by atoms with E-state index in [4.69, 9.17) is 14.4 Å². The molecule has 0 aliphatic rings. The molecule has 9 aromatic rings. The van der Waals surface area contributed by atoms with Crippen molar-refractivity contribution in [3.8, 4) is 28.3 Å². The topological polar surface area (TPSA) is 43.9 Å². The van der Waals surface area contributed by atoms with Gasteiger partial charge in [-0.3, -0.25) is 0 Å². The van der Waals surface area contributed by atoms with E-state index in [-0.39, 0.29) is 0 Å². The quantitative estimate of drug-likeness (QED) is 0.225. The molecule has 0 atom stereocenters. The Morgan fingerprint density at radius 3 is 2.05 bits per heavy atom. The highest BCUT2D eigenvalue weighted by molar-refractivity contribution is 6.16. The number of fused-ring (bicyclic) bond motifs is 8. The molecule has 0 bridgehead atoms. The van der Waals surface area contributed by atoms with Crippen LogP contribution >= 0.6 is 0 Å². The third-order valence-electron chi connectivity index (χ3n) is 8.20. The number of aromatic nitrogens is 3. The highest BCUT2D eigenvalue weighted by Gasteiger charge is 2.21. The average Bonchev–Trinajstić information content (AvgIpc) is 3.61. The molecule has 0 radical (unpaired) electrons. The Hall–Kier alpha value is -5.74. The number of furan rings is 1. The highest BCUT2D eigenvalue weighted by Crippen LogP contribution is 2.40. The van der Waals surface area contributed by atoms with Gasteiger partial charge in [0.15, 0.2) is 11.4 Å². The van der Waals surface area contributed by atoms with E-state index in [0.29, 0.717) is 11.4 Å². The molecule has 0 saturated heterocycles. The molecular formula is C38H23N3O. The van der Waals surface area contributed by atoms with Gasteiger partial charge >= 0.3 is 0 Å². The second-order valence-electron chi connectivity index (χ2n) is 10.6. The molecule has 0 spiro atoms. The van der Waals surface area contributed by atoms with Gasteiger partial charge in [0, 0.05) is 38.4 Å². The molecule has 4 heteroatoms. The number of benzene rings is 6. The Balaban J connectivity index is 1.37. The first-order chi connectivity index (χ1) is 20.8. The molecule has 6 aromatic carbocycles. The Labute approximate surface area is 241 Å². The van der Waals surface area contributed by atoms with Crippen LogP contribution < -0.4 is 0 Å². The lowest BCUT2D eigenvalue weighted by molar-refractivity contribution is 0.671. The van der Waals surface area contributed by atoms with Gasteiger partial charge in [0.05, 0.1) is 11.0 Å². The molecular weight excluding hydrogens is 514 g/mol. The van der Waals surface area contributed by atoms with Crippen molar-refractivity contribution in [2.75, 3.05) is 0 Å². The van der Waals surface area contributed by atoms with Crippen LogP contribution in [0.4, 0.5) is 0 Å². The Morgan fingerprint density at radius 1 is 0.476 bits per heavy atom. The molecule has 4 nitrogen and oxygen atoms in total. The van der Waals surface area contributed by atoms with Gasteiger partial charge in [-0.2, -0.15) is 0 Å². The van der Waals surface area contributed by atoms with Gasteiger partial charge in [0.2, 0.25) is 0 Å². The second kappa shape index (κ2) is 8.88. The number of para-hydroxylation sites is 2. The Morgan fingerprint density at radius 2 is 1.19 bits per heavy atom. The molecule has 0 N–H and O–H groups in total. The zero-order chi connectivity index (χ0) is 27.6. The first kappa shape index (κ1) is 23.0. The van der Waals surface area contributed by atoms with Crippen molar-refractivity contribution in [3.05, 3.63) is 140 Å². The Kier molecular flexibility index (Phi) is 4.87. The standard InChI is InChI=1S/C38H23N3O/c1-3-12-25(13-4-1)38-39-34(37-35(40-38)30-21-19-24-11-7-8-16-28(24)36(30)42-37)26-20-22-33-31(23-26)29-17-9-10-18-32(29)41(33)27-14-5-2-6-15-27/h1-23H. The fourth-order valence-corrected chi connectivity index (χ4v) is 6.26. The van der Waals surface area contributed by atoms with E-state index in [1.54, 1.807) is 0 Å². The lowest BCUT2D eigenvalue weighted by Gasteiger charge is -2.09. The molecule has 0 amide bonds. The maximum Gasteiger partial charge on any atom is 0.180 e. The van der Waals surface area contributed by atoms with Gasteiger partial charge in [-0.25, -0.2) is 9.97 Å². The molecule has 0 aliphatic carbocycles. The number of nitrogens with zero attached hydrogens (tertiary/aromatic N) is 3. The summed E-state index contributed by atoms with van der Waals surface area (Å²) >= 11 is 0. The minimum absolute atomic E-state index is 0.681. The van der Waals surface area contributed by atoms with E-state index >= 15 is 0 Å². The van der Waals surface area contributed by atoms with Crippen molar-refractivity contribution in [1.29, 1.82) is 0 Å². The minimum Gasteiger partial charge on any atom is -0.451 e. The third kappa shape index (κ3) is 3.36. The van der Waals surface area contributed by atoms with Crippen LogP contribution in [-0.2, 0) is 0 Å². The first-order valence-corrected chi connectivity index (χ1v) is 14.1. The summed E-state index contributed by atoms with van der Waals surface area (Å²) in [4.78, 5) is 10.2. The highest BCUT2D eigenvalue weighted by atomic mass is 16.3. The monoisotopic (exact) mass is 537 g/mol. The van der Waals surface area contributed by atoms with E-state index in [1.165, 1.54) is 16.3 Å². The zero-order valence-corrected chi connectivity index (χ0v) is 22.5. The van der Waals surface area contributed by atoms with Crippen LogP contribution in [0.15, 0.2) is 144 Å². The predicted molar refractivity (Wildman–Crippen MR) is 172 cm³/mol. The van der Waals surface area contributed by atoms with Crippen LogP contribution in [0.3, 0.4) is 0 Å². The second-order valence-corrected chi connectivity index (χ2v) is 10.6. The summed E-state index contributed by atoms with van der Waals surface area (Å²) in [6, 6.07) is 48.4. The molecule has 0 aliphatic heterocycles. The zero-order valence-electron chi connectivity index (χ0n) is 22.5. The summed E-state index contributed by atoms with van der Waals surface area (Å²) < 4.78 is 9.01. The molecule has 9 rings (SSSR count). The third-order valence-corrected chi connectivity index (χ3v) is 8.20. The van der Waals surface area contributed by atoms with Gasteiger partial charge in [-0.05, 0) is 41.8 Å².